The van der Waals surface area contributed by atoms with Crippen LogP contribution < -0.4 is 10.7 Å². The summed E-state index contributed by atoms with van der Waals surface area (Å²) in [5, 5.41) is 0. The first-order chi connectivity index (χ1) is 8.54. The lowest BCUT2D eigenvalue weighted by Gasteiger charge is -2.38. The van der Waals surface area contributed by atoms with Crippen LogP contribution in [0.5, 0.6) is 0 Å². The maximum atomic E-state index is 6.44. The summed E-state index contributed by atoms with van der Waals surface area (Å²) in [4.78, 5) is 3.56. The maximum Gasteiger partial charge on any atom is 0.312 e. The molecule has 0 amide bonds. The van der Waals surface area contributed by atoms with E-state index in [1.807, 2.05) is 0 Å². The fourth-order valence-electron chi connectivity index (χ4n) is 2.34. The zero-order chi connectivity index (χ0) is 15.2. The van der Waals surface area contributed by atoms with Crippen LogP contribution in [0.1, 0.15) is 34.6 Å². The van der Waals surface area contributed by atoms with Gasteiger partial charge in [0.05, 0.1) is 0 Å². The van der Waals surface area contributed by atoms with Gasteiger partial charge in [-0.05, 0) is 71.3 Å². The second-order valence-electron chi connectivity index (χ2n) is 6.69. The molecule has 0 aromatic heterocycles. The molecular formula is C14H42N2O2Si3. The number of rotatable bonds is 10. The minimum atomic E-state index is -2.05. The highest BCUT2D eigenvalue weighted by molar-refractivity contribution is 6.87. The molecule has 0 aromatic carbocycles. The minimum absolute atomic E-state index is 0. The molecule has 0 radical (unpaired) electrons. The van der Waals surface area contributed by atoms with Gasteiger partial charge in [-0.3, -0.25) is 0 Å². The Hall–Kier alpha value is 0.491. The molecule has 0 aliphatic carbocycles. The predicted octanol–water partition coefficient (Wildman–Crippen LogP) is 4.25. The molecule has 0 atom stereocenters. The fraction of sp³-hybridized carbons (Fsp3) is 1.00. The lowest BCUT2D eigenvalue weighted by Crippen LogP contribution is -2.58. The van der Waals surface area contributed by atoms with Crippen molar-refractivity contribution in [3.63, 3.8) is 0 Å². The van der Waals surface area contributed by atoms with Gasteiger partial charge in [0.1, 0.15) is 0 Å². The highest BCUT2D eigenvalue weighted by atomic mass is 28.5. The Kier molecular flexibility index (Phi) is 13.9. The molecule has 0 unspecified atom stereocenters. The summed E-state index contributed by atoms with van der Waals surface area (Å²) in [6, 6.07) is 1.12. The Bertz CT molecular complexity index is 239. The largest absolute Gasteiger partial charge is 0.436 e. The molecule has 0 aliphatic heterocycles. The van der Waals surface area contributed by atoms with Gasteiger partial charge in [-0.25, -0.2) is 0 Å². The Labute approximate surface area is 137 Å². The van der Waals surface area contributed by atoms with Crippen molar-refractivity contribution in [3.8, 4) is 0 Å². The van der Waals surface area contributed by atoms with Crippen LogP contribution in [0, 0.1) is 0 Å². The van der Waals surface area contributed by atoms with Crippen molar-refractivity contribution in [3.05, 3.63) is 0 Å². The van der Waals surface area contributed by atoms with E-state index in [0.717, 1.165) is 32.0 Å². The fourth-order valence-corrected chi connectivity index (χ4v) is 15.7. The summed E-state index contributed by atoms with van der Waals surface area (Å²) in [5.74, 6) is 0. The molecule has 0 bridgehead atoms. The van der Waals surface area contributed by atoms with E-state index in [1.54, 1.807) is 0 Å². The molecule has 4 nitrogen and oxygen atoms in total. The molecule has 0 rings (SSSR count). The van der Waals surface area contributed by atoms with Crippen LogP contribution in [0.4, 0.5) is 0 Å². The molecule has 7 heteroatoms. The Morgan fingerprint density at radius 1 is 0.952 bits per heavy atom. The summed E-state index contributed by atoms with van der Waals surface area (Å²) in [7, 11) is -5.50. The molecular weight excluding hydrogens is 312 g/mol. The SMILES string of the molecule is C.C.CCCN[Si](C)(C)O[Si](C)(C)O[Si](C)(C)CCCN. The predicted molar refractivity (Wildman–Crippen MR) is 105 cm³/mol. The number of nitrogens with two attached hydrogens (primary N) is 1. The molecule has 0 fully saturated rings. The average molecular weight is 355 g/mol. The summed E-state index contributed by atoms with van der Waals surface area (Å²) in [5.41, 5.74) is 5.60. The van der Waals surface area contributed by atoms with E-state index in [2.05, 4.69) is 51.2 Å². The molecule has 0 spiro atoms. The Balaban J connectivity index is -0.00000162. The van der Waals surface area contributed by atoms with Gasteiger partial charge in [-0.2, -0.15) is 0 Å². The summed E-state index contributed by atoms with van der Waals surface area (Å²) >= 11 is 0. The Morgan fingerprint density at radius 3 is 1.90 bits per heavy atom. The summed E-state index contributed by atoms with van der Waals surface area (Å²) < 4.78 is 12.8. The van der Waals surface area contributed by atoms with Crippen molar-refractivity contribution in [1.29, 1.82) is 0 Å². The van der Waals surface area contributed by atoms with E-state index in [1.165, 1.54) is 0 Å². The van der Waals surface area contributed by atoms with E-state index in [9.17, 15) is 0 Å². The standard InChI is InChI=1S/C12H34N2O2Si3.2CH4/c1-8-11-14-18(4,5)16-19(6,7)15-17(2,3)12-9-10-13;;/h14H,8-13H2,1-7H3;2*1H4. The lowest BCUT2D eigenvalue weighted by molar-refractivity contribution is 0.381. The van der Waals surface area contributed by atoms with Crippen LogP contribution in [-0.2, 0) is 8.23 Å². The zero-order valence-corrected chi connectivity index (χ0v) is 16.9. The van der Waals surface area contributed by atoms with E-state index < -0.39 is 25.4 Å². The van der Waals surface area contributed by atoms with Gasteiger partial charge in [-0.1, -0.05) is 21.8 Å². The van der Waals surface area contributed by atoms with E-state index >= 15 is 0 Å². The van der Waals surface area contributed by atoms with Crippen molar-refractivity contribution < 1.29 is 8.23 Å². The van der Waals surface area contributed by atoms with Crippen molar-refractivity contribution in [2.24, 2.45) is 5.73 Å². The van der Waals surface area contributed by atoms with Crippen molar-refractivity contribution in [2.45, 2.75) is 79.9 Å². The number of hydrogen-bond donors (Lipinski definition) is 2. The van der Waals surface area contributed by atoms with Crippen LogP contribution in [0.3, 0.4) is 0 Å². The topological polar surface area (TPSA) is 56.5 Å². The molecule has 0 saturated carbocycles. The highest BCUT2D eigenvalue weighted by Crippen LogP contribution is 2.22. The van der Waals surface area contributed by atoms with Crippen LogP contribution in [-0.4, -0.2) is 38.4 Å². The smallest absolute Gasteiger partial charge is 0.312 e. The van der Waals surface area contributed by atoms with Crippen molar-refractivity contribution >= 4 is 25.4 Å². The van der Waals surface area contributed by atoms with E-state index in [4.69, 9.17) is 14.0 Å². The molecule has 21 heavy (non-hydrogen) atoms. The summed E-state index contributed by atoms with van der Waals surface area (Å²) in [6.07, 6.45) is 2.19. The van der Waals surface area contributed by atoms with Gasteiger partial charge >= 0.3 is 8.56 Å². The van der Waals surface area contributed by atoms with Crippen molar-refractivity contribution in [1.82, 2.24) is 4.98 Å². The summed E-state index contributed by atoms with van der Waals surface area (Å²) in [6.45, 7) is 17.3. The third kappa shape index (κ3) is 13.9. The van der Waals surface area contributed by atoms with Gasteiger partial charge < -0.3 is 18.9 Å². The monoisotopic (exact) mass is 354 g/mol. The number of nitrogens with one attached hydrogen (secondary N) is 1. The lowest BCUT2D eigenvalue weighted by atomic mass is 10.5. The molecule has 0 aliphatic rings. The average Bonchev–Trinajstić information content (AvgIpc) is 2.20. The molecule has 3 N–H and O–H groups in total. The van der Waals surface area contributed by atoms with Gasteiger partial charge in [0, 0.05) is 0 Å². The van der Waals surface area contributed by atoms with Crippen molar-refractivity contribution in [2.75, 3.05) is 13.1 Å². The molecule has 132 valence electrons. The molecule has 0 heterocycles. The first-order valence-electron chi connectivity index (χ1n) is 7.39. The maximum absolute atomic E-state index is 6.44. The van der Waals surface area contributed by atoms with E-state index in [0.29, 0.717) is 0 Å². The zero-order valence-electron chi connectivity index (χ0n) is 13.9. The van der Waals surface area contributed by atoms with Crippen LogP contribution in [0.15, 0.2) is 0 Å². The number of hydrogen-bond acceptors (Lipinski definition) is 4. The first kappa shape index (κ1) is 26.4. The van der Waals surface area contributed by atoms with Crippen LogP contribution >= 0.6 is 0 Å². The molecule has 0 aromatic rings. The quantitative estimate of drug-likeness (QED) is 0.576. The molecule has 0 saturated heterocycles. The first-order valence-corrected chi connectivity index (χ1v) is 16.2. The Morgan fingerprint density at radius 2 is 1.48 bits per heavy atom. The minimum Gasteiger partial charge on any atom is -0.436 e. The normalized spacial score (nSPS) is 12.6. The van der Waals surface area contributed by atoms with E-state index in [-0.39, 0.29) is 14.9 Å². The van der Waals surface area contributed by atoms with Crippen LogP contribution in [0.2, 0.25) is 45.3 Å². The second-order valence-corrected chi connectivity index (χ2v) is 18.5. The second kappa shape index (κ2) is 11.1. The van der Waals surface area contributed by atoms with Gasteiger partial charge in [0.25, 0.3) is 8.48 Å². The van der Waals surface area contributed by atoms with Gasteiger partial charge in [0.15, 0.2) is 8.32 Å². The van der Waals surface area contributed by atoms with Crippen LogP contribution in [0.25, 0.3) is 0 Å². The third-order valence-corrected chi connectivity index (χ3v) is 13.7. The third-order valence-electron chi connectivity index (χ3n) is 2.81. The van der Waals surface area contributed by atoms with Gasteiger partial charge in [-0.15, -0.1) is 0 Å². The van der Waals surface area contributed by atoms with Gasteiger partial charge in [0.2, 0.25) is 0 Å². The highest BCUT2D eigenvalue weighted by Gasteiger charge is 2.39.